The van der Waals surface area contributed by atoms with E-state index in [0.717, 1.165) is 55.0 Å². The molecule has 5 rings (SSSR count). The molecule has 0 radical (unpaired) electrons. The summed E-state index contributed by atoms with van der Waals surface area (Å²) in [5.41, 5.74) is 2.60. The van der Waals surface area contributed by atoms with Crippen molar-refractivity contribution in [3.05, 3.63) is 71.7 Å². The summed E-state index contributed by atoms with van der Waals surface area (Å²) in [6.07, 6.45) is 13.8. The summed E-state index contributed by atoms with van der Waals surface area (Å²) in [6.45, 7) is 2.15. The molecule has 1 aliphatic heterocycles. The van der Waals surface area contributed by atoms with E-state index in [1.165, 1.54) is 49.3 Å². The van der Waals surface area contributed by atoms with Gasteiger partial charge in [-0.05, 0) is 117 Å². The third-order valence-electron chi connectivity index (χ3n) is 9.46. The Morgan fingerprint density at radius 3 is 2.48 bits per heavy atom. The molecule has 0 N–H and O–H groups in total. The number of rotatable bonds is 9. The van der Waals surface area contributed by atoms with Gasteiger partial charge in [-0.15, -0.1) is 11.8 Å². The van der Waals surface area contributed by atoms with Crippen LogP contribution in [0.15, 0.2) is 70.2 Å². The van der Waals surface area contributed by atoms with Gasteiger partial charge in [0.25, 0.3) is 0 Å². The SMILES string of the molecule is COc1ccc(S(=O)(=O)CC2CCCC3(CCC(CCC4=NC(C(C)c5ccc(F)cc5)=CCS4)C3)CC2)cc1. The van der Waals surface area contributed by atoms with Crippen molar-refractivity contribution in [1.82, 2.24) is 0 Å². The van der Waals surface area contributed by atoms with Crippen molar-refractivity contribution >= 4 is 26.6 Å². The van der Waals surface area contributed by atoms with E-state index in [4.69, 9.17) is 9.73 Å². The van der Waals surface area contributed by atoms with Crippen molar-refractivity contribution in [2.75, 3.05) is 18.6 Å². The average molecular weight is 584 g/mol. The molecule has 2 saturated carbocycles. The van der Waals surface area contributed by atoms with E-state index in [2.05, 4.69) is 13.0 Å². The highest BCUT2D eigenvalue weighted by atomic mass is 32.2. The quantitative estimate of drug-likeness (QED) is 0.297. The number of hydrogen-bond donors (Lipinski definition) is 0. The van der Waals surface area contributed by atoms with Crippen molar-refractivity contribution in [3.63, 3.8) is 0 Å². The lowest BCUT2D eigenvalue weighted by Gasteiger charge is -2.28. The number of allylic oxidation sites excluding steroid dienone is 1. The number of aliphatic imine (C=N–C) groups is 1. The summed E-state index contributed by atoms with van der Waals surface area (Å²) >= 11 is 1.85. The summed E-state index contributed by atoms with van der Waals surface area (Å²) in [7, 11) is -1.70. The van der Waals surface area contributed by atoms with E-state index in [1.54, 1.807) is 31.4 Å². The van der Waals surface area contributed by atoms with Gasteiger partial charge in [0.05, 0.1) is 22.8 Å². The lowest BCUT2D eigenvalue weighted by molar-refractivity contribution is 0.238. The van der Waals surface area contributed by atoms with Gasteiger partial charge in [0.2, 0.25) is 0 Å². The summed E-state index contributed by atoms with van der Waals surface area (Å²) in [5, 5.41) is 1.23. The van der Waals surface area contributed by atoms with Crippen LogP contribution in [-0.4, -0.2) is 32.1 Å². The van der Waals surface area contributed by atoms with Crippen LogP contribution in [0.2, 0.25) is 0 Å². The Hall–Kier alpha value is -2.12. The van der Waals surface area contributed by atoms with Crippen LogP contribution in [0.3, 0.4) is 0 Å². The van der Waals surface area contributed by atoms with Gasteiger partial charge in [-0.25, -0.2) is 12.8 Å². The van der Waals surface area contributed by atoms with E-state index in [9.17, 15) is 12.8 Å². The van der Waals surface area contributed by atoms with Gasteiger partial charge in [-0.1, -0.05) is 31.6 Å². The molecule has 2 aromatic carbocycles. The number of benzene rings is 2. The number of halogens is 1. The van der Waals surface area contributed by atoms with Crippen molar-refractivity contribution < 1.29 is 17.5 Å². The minimum atomic E-state index is -3.29. The van der Waals surface area contributed by atoms with E-state index in [1.807, 2.05) is 23.9 Å². The molecule has 3 aliphatic rings. The second-order valence-electron chi connectivity index (χ2n) is 12.1. The lowest BCUT2D eigenvalue weighted by Crippen LogP contribution is -2.18. The van der Waals surface area contributed by atoms with Crippen molar-refractivity contribution in [2.24, 2.45) is 22.2 Å². The first-order valence-electron chi connectivity index (χ1n) is 14.8. The monoisotopic (exact) mass is 583 g/mol. The maximum Gasteiger partial charge on any atom is 0.178 e. The highest BCUT2D eigenvalue weighted by molar-refractivity contribution is 8.14. The molecule has 0 saturated heterocycles. The van der Waals surface area contributed by atoms with E-state index < -0.39 is 9.84 Å². The Balaban J connectivity index is 1.12. The second kappa shape index (κ2) is 12.8. The molecule has 216 valence electrons. The standard InChI is InChI=1S/C33H42FNO3S2/c1-24(27-6-8-28(34)9-7-27)31-17-21-39-32(35-31)14-5-25-15-19-33(22-25)18-3-4-26(16-20-33)23-40(36,37)30-12-10-29(38-2)11-13-30/h6-13,17,24-26H,3-5,14-16,18-23H2,1-2H3. The first-order valence-corrected chi connectivity index (χ1v) is 17.4. The number of nitrogens with zero attached hydrogens (tertiary/aromatic N) is 1. The molecule has 4 unspecified atom stereocenters. The summed E-state index contributed by atoms with van der Waals surface area (Å²) < 4.78 is 44.7. The van der Waals surface area contributed by atoms with Gasteiger partial charge in [0.15, 0.2) is 9.84 Å². The lowest BCUT2D eigenvalue weighted by atomic mass is 9.77. The van der Waals surface area contributed by atoms with E-state index in [-0.39, 0.29) is 23.4 Å². The van der Waals surface area contributed by atoms with E-state index >= 15 is 0 Å². The Kier molecular flexibility index (Phi) is 9.41. The summed E-state index contributed by atoms with van der Waals surface area (Å²) in [5.74, 6) is 2.82. The van der Waals surface area contributed by atoms with Crippen LogP contribution in [0.1, 0.15) is 82.6 Å². The van der Waals surface area contributed by atoms with Gasteiger partial charge in [0.1, 0.15) is 11.6 Å². The van der Waals surface area contributed by atoms with Crippen LogP contribution in [0.5, 0.6) is 5.75 Å². The zero-order valence-corrected chi connectivity index (χ0v) is 25.4. The van der Waals surface area contributed by atoms with Crippen LogP contribution in [0, 0.1) is 23.1 Å². The third-order valence-corrected chi connectivity index (χ3v) is 12.3. The highest BCUT2D eigenvalue weighted by Gasteiger charge is 2.40. The van der Waals surface area contributed by atoms with Crippen LogP contribution in [-0.2, 0) is 9.84 Å². The van der Waals surface area contributed by atoms with Gasteiger partial charge in [-0.2, -0.15) is 0 Å². The van der Waals surface area contributed by atoms with Gasteiger partial charge < -0.3 is 4.74 Å². The normalized spacial score (nSPS) is 26.2. The molecule has 1 heterocycles. The predicted octanol–water partition coefficient (Wildman–Crippen LogP) is 8.59. The van der Waals surface area contributed by atoms with Gasteiger partial charge in [0, 0.05) is 17.4 Å². The third kappa shape index (κ3) is 7.20. The molecule has 0 bridgehead atoms. The number of thioether (sulfide) groups is 1. The molecule has 4 atom stereocenters. The molecule has 1 spiro atoms. The fourth-order valence-electron chi connectivity index (χ4n) is 7.03. The van der Waals surface area contributed by atoms with E-state index in [0.29, 0.717) is 16.1 Å². The second-order valence-corrected chi connectivity index (χ2v) is 15.2. The minimum Gasteiger partial charge on any atom is -0.497 e. The molecule has 2 aromatic rings. The molecule has 0 aromatic heterocycles. The number of methoxy groups -OCH3 is 1. The zero-order chi connectivity index (χ0) is 28.2. The fraction of sp³-hybridized carbons (Fsp3) is 0.545. The van der Waals surface area contributed by atoms with Crippen LogP contribution in [0.25, 0.3) is 0 Å². The highest BCUT2D eigenvalue weighted by Crippen LogP contribution is 2.52. The first-order chi connectivity index (χ1) is 19.2. The number of sulfone groups is 1. The first kappa shape index (κ1) is 29.4. The van der Waals surface area contributed by atoms with Crippen LogP contribution < -0.4 is 4.74 Å². The van der Waals surface area contributed by atoms with Crippen molar-refractivity contribution in [3.8, 4) is 5.75 Å². The Bertz CT molecular complexity index is 1320. The molecule has 7 heteroatoms. The Morgan fingerprint density at radius 2 is 1.75 bits per heavy atom. The number of hydrogen-bond acceptors (Lipinski definition) is 5. The van der Waals surface area contributed by atoms with Gasteiger partial charge in [-0.3, -0.25) is 4.99 Å². The van der Waals surface area contributed by atoms with Crippen LogP contribution in [0.4, 0.5) is 4.39 Å². The summed E-state index contributed by atoms with van der Waals surface area (Å²) in [4.78, 5) is 5.43. The van der Waals surface area contributed by atoms with Gasteiger partial charge >= 0.3 is 0 Å². The molecule has 40 heavy (non-hydrogen) atoms. The zero-order valence-electron chi connectivity index (χ0n) is 23.8. The Labute approximate surface area is 243 Å². The van der Waals surface area contributed by atoms with Crippen LogP contribution >= 0.6 is 11.8 Å². The smallest absolute Gasteiger partial charge is 0.178 e. The maximum atomic E-state index is 13.4. The molecular formula is C33H42FNO3S2. The van der Waals surface area contributed by atoms with Crippen molar-refractivity contribution in [2.45, 2.75) is 81.9 Å². The Morgan fingerprint density at radius 1 is 1.02 bits per heavy atom. The van der Waals surface area contributed by atoms with Crippen molar-refractivity contribution in [1.29, 1.82) is 0 Å². The molecule has 2 fully saturated rings. The molecule has 0 amide bonds. The number of ether oxygens (including phenoxy) is 1. The molecular weight excluding hydrogens is 541 g/mol. The molecule has 4 nitrogen and oxygen atoms in total. The summed E-state index contributed by atoms with van der Waals surface area (Å²) in [6, 6.07) is 13.6. The largest absolute Gasteiger partial charge is 0.497 e. The maximum absolute atomic E-state index is 13.4. The topological polar surface area (TPSA) is 55.7 Å². The fourth-order valence-corrected chi connectivity index (χ4v) is 9.60. The average Bonchev–Trinajstić information content (AvgIpc) is 3.27. The molecule has 2 aliphatic carbocycles. The predicted molar refractivity (Wildman–Crippen MR) is 163 cm³/mol. The minimum absolute atomic E-state index is 0.165.